The molecular weight excluding hydrogens is 392 g/mol. The molecule has 130 valence electrons. The first kappa shape index (κ1) is 18.4. The Kier molecular flexibility index (Phi) is 6.46. The van der Waals surface area contributed by atoms with E-state index < -0.39 is 0 Å². The minimum atomic E-state index is -0.0508. The first-order valence-corrected chi connectivity index (χ1v) is 11.2. The number of rotatable bonds is 7. The number of thiazole rings is 1. The lowest BCUT2D eigenvalue weighted by molar-refractivity contribution is -0.115. The fraction of sp³-hybridized carbons (Fsp3) is 0.250. The first-order chi connectivity index (χ1) is 12.2. The number of aromatic nitrogens is 3. The fourth-order valence-electron chi connectivity index (χ4n) is 2.04. The standard InChI is InChI=1S/C16H16N4OS4/c1-3-22-15-18-19-16(25-15)24-10-12-9-23-14(17-12)20(11(2)21)13-7-5-4-6-8-13/h4-9H,3,10H2,1-2H3. The van der Waals surface area contributed by atoms with Crippen molar-refractivity contribution in [2.45, 2.75) is 28.3 Å². The Morgan fingerprint density at radius 1 is 1.16 bits per heavy atom. The van der Waals surface area contributed by atoms with Crippen LogP contribution in [0.2, 0.25) is 0 Å². The van der Waals surface area contributed by atoms with Gasteiger partial charge in [-0.05, 0) is 17.9 Å². The molecule has 25 heavy (non-hydrogen) atoms. The third kappa shape index (κ3) is 4.81. The molecule has 0 aliphatic heterocycles. The molecule has 1 aromatic carbocycles. The SMILES string of the molecule is CCSc1nnc(SCc2csc(N(C(C)=O)c3ccccc3)n2)s1. The van der Waals surface area contributed by atoms with E-state index in [2.05, 4.69) is 22.1 Å². The smallest absolute Gasteiger partial charge is 0.230 e. The summed E-state index contributed by atoms with van der Waals surface area (Å²) in [5.41, 5.74) is 1.76. The second-order valence-electron chi connectivity index (χ2n) is 4.87. The van der Waals surface area contributed by atoms with Crippen LogP contribution in [0.5, 0.6) is 0 Å². The lowest BCUT2D eigenvalue weighted by Gasteiger charge is -2.17. The van der Waals surface area contributed by atoms with Crippen LogP contribution in [-0.4, -0.2) is 26.8 Å². The molecule has 0 aliphatic carbocycles. The van der Waals surface area contributed by atoms with E-state index in [-0.39, 0.29) is 5.91 Å². The summed E-state index contributed by atoms with van der Waals surface area (Å²) < 4.78 is 1.94. The van der Waals surface area contributed by atoms with Crippen molar-refractivity contribution in [2.75, 3.05) is 10.7 Å². The van der Waals surface area contributed by atoms with Gasteiger partial charge >= 0.3 is 0 Å². The first-order valence-electron chi connectivity index (χ1n) is 7.56. The minimum absolute atomic E-state index is 0.0508. The van der Waals surface area contributed by atoms with Crippen LogP contribution in [0.1, 0.15) is 19.5 Å². The second-order valence-corrected chi connectivity index (χ2v) is 9.41. The van der Waals surface area contributed by atoms with Gasteiger partial charge in [-0.15, -0.1) is 21.5 Å². The quantitative estimate of drug-likeness (QED) is 0.508. The van der Waals surface area contributed by atoms with E-state index >= 15 is 0 Å². The summed E-state index contributed by atoms with van der Waals surface area (Å²) in [6.45, 7) is 3.65. The Balaban J connectivity index is 1.69. The number of nitrogens with zero attached hydrogens (tertiary/aromatic N) is 4. The van der Waals surface area contributed by atoms with Crippen LogP contribution in [0, 0.1) is 0 Å². The van der Waals surface area contributed by atoms with Gasteiger partial charge in [0.05, 0.1) is 11.4 Å². The summed E-state index contributed by atoms with van der Waals surface area (Å²) in [4.78, 5) is 18.3. The number of anilines is 2. The van der Waals surface area contributed by atoms with Crippen molar-refractivity contribution in [1.82, 2.24) is 15.2 Å². The molecule has 0 N–H and O–H groups in total. The van der Waals surface area contributed by atoms with Crippen LogP contribution in [0.3, 0.4) is 0 Å². The lowest BCUT2D eigenvalue weighted by Crippen LogP contribution is -2.22. The monoisotopic (exact) mass is 408 g/mol. The molecule has 0 unspecified atom stereocenters. The van der Waals surface area contributed by atoms with Crippen molar-refractivity contribution < 1.29 is 4.79 Å². The predicted molar refractivity (Wildman–Crippen MR) is 107 cm³/mol. The molecule has 0 fully saturated rings. The lowest BCUT2D eigenvalue weighted by atomic mass is 10.3. The van der Waals surface area contributed by atoms with Gasteiger partial charge in [0, 0.05) is 18.1 Å². The van der Waals surface area contributed by atoms with E-state index in [1.54, 1.807) is 46.7 Å². The highest BCUT2D eigenvalue weighted by molar-refractivity contribution is 8.02. The Bertz CT molecular complexity index is 834. The summed E-state index contributed by atoms with van der Waals surface area (Å²) in [6.07, 6.45) is 0. The zero-order valence-electron chi connectivity index (χ0n) is 13.7. The van der Waals surface area contributed by atoms with E-state index in [4.69, 9.17) is 0 Å². The molecule has 2 heterocycles. The highest BCUT2D eigenvalue weighted by Gasteiger charge is 2.17. The van der Waals surface area contributed by atoms with E-state index in [9.17, 15) is 4.79 Å². The normalized spacial score (nSPS) is 10.8. The molecular formula is C16H16N4OS4. The molecule has 0 saturated carbocycles. The second kappa shape index (κ2) is 8.79. The fourth-order valence-corrected chi connectivity index (χ4v) is 5.84. The van der Waals surface area contributed by atoms with Crippen molar-refractivity contribution in [3.63, 3.8) is 0 Å². The van der Waals surface area contributed by atoms with Crippen LogP contribution in [0.25, 0.3) is 0 Å². The topological polar surface area (TPSA) is 59.0 Å². The molecule has 2 aromatic heterocycles. The van der Waals surface area contributed by atoms with Gasteiger partial charge in [-0.25, -0.2) is 4.98 Å². The molecule has 0 radical (unpaired) electrons. The number of benzene rings is 1. The average Bonchev–Trinajstić information content (AvgIpc) is 3.24. The molecule has 0 saturated heterocycles. The number of para-hydroxylation sites is 1. The van der Waals surface area contributed by atoms with Crippen LogP contribution < -0.4 is 4.90 Å². The molecule has 9 heteroatoms. The number of carbonyl (C=O) groups excluding carboxylic acids is 1. The Labute approximate surface area is 162 Å². The van der Waals surface area contributed by atoms with Gasteiger partial charge in [0.2, 0.25) is 5.91 Å². The number of hydrogen-bond donors (Lipinski definition) is 0. The third-order valence-corrected chi connectivity index (χ3v) is 7.04. The van der Waals surface area contributed by atoms with Gasteiger partial charge in [-0.1, -0.05) is 60.0 Å². The third-order valence-electron chi connectivity index (χ3n) is 3.06. The maximum absolute atomic E-state index is 12.1. The van der Waals surface area contributed by atoms with Gasteiger partial charge in [0.25, 0.3) is 0 Å². The Morgan fingerprint density at radius 3 is 2.56 bits per heavy atom. The highest BCUT2D eigenvalue weighted by Crippen LogP contribution is 2.33. The molecule has 0 bridgehead atoms. The number of amides is 1. The molecule has 0 spiro atoms. The minimum Gasteiger partial charge on any atom is -0.274 e. The van der Waals surface area contributed by atoms with Crippen molar-refractivity contribution in [3.05, 3.63) is 41.4 Å². The molecule has 0 atom stereocenters. The van der Waals surface area contributed by atoms with Gasteiger partial charge in [0.1, 0.15) is 0 Å². The zero-order chi connectivity index (χ0) is 17.6. The maximum Gasteiger partial charge on any atom is 0.230 e. The van der Waals surface area contributed by atoms with Crippen LogP contribution >= 0.6 is 46.2 Å². The van der Waals surface area contributed by atoms with Crippen LogP contribution in [0.4, 0.5) is 10.8 Å². The summed E-state index contributed by atoms with van der Waals surface area (Å²) in [6, 6.07) is 9.57. The van der Waals surface area contributed by atoms with Crippen molar-refractivity contribution in [3.8, 4) is 0 Å². The van der Waals surface area contributed by atoms with Crippen molar-refractivity contribution in [1.29, 1.82) is 0 Å². The molecule has 1 amide bonds. The summed E-state index contributed by atoms with van der Waals surface area (Å²) in [5.74, 6) is 1.66. The highest BCUT2D eigenvalue weighted by atomic mass is 32.2. The molecule has 0 aliphatic rings. The number of carbonyl (C=O) groups is 1. The van der Waals surface area contributed by atoms with Crippen LogP contribution in [0.15, 0.2) is 44.4 Å². The summed E-state index contributed by atoms with van der Waals surface area (Å²) >= 11 is 6.40. The van der Waals surface area contributed by atoms with E-state index in [1.807, 2.05) is 35.7 Å². The summed E-state index contributed by atoms with van der Waals surface area (Å²) in [5, 5.41) is 11.0. The molecule has 5 nitrogen and oxygen atoms in total. The Hall–Kier alpha value is -1.42. The van der Waals surface area contributed by atoms with E-state index in [1.165, 1.54) is 11.3 Å². The zero-order valence-corrected chi connectivity index (χ0v) is 17.0. The number of thioether (sulfide) groups is 2. The maximum atomic E-state index is 12.1. The summed E-state index contributed by atoms with van der Waals surface area (Å²) in [7, 11) is 0. The van der Waals surface area contributed by atoms with E-state index in [0.717, 1.165) is 25.8 Å². The number of hydrogen-bond acceptors (Lipinski definition) is 8. The van der Waals surface area contributed by atoms with Gasteiger partial charge in [0.15, 0.2) is 13.8 Å². The van der Waals surface area contributed by atoms with Crippen molar-refractivity contribution >= 4 is 62.9 Å². The van der Waals surface area contributed by atoms with Crippen molar-refractivity contribution in [2.24, 2.45) is 0 Å². The van der Waals surface area contributed by atoms with Gasteiger partial charge in [-0.2, -0.15) is 0 Å². The Morgan fingerprint density at radius 2 is 1.88 bits per heavy atom. The average molecular weight is 409 g/mol. The predicted octanol–water partition coefficient (Wildman–Crippen LogP) is 5.08. The van der Waals surface area contributed by atoms with Crippen LogP contribution in [-0.2, 0) is 10.5 Å². The largest absolute Gasteiger partial charge is 0.274 e. The van der Waals surface area contributed by atoms with Gasteiger partial charge < -0.3 is 0 Å². The molecule has 3 rings (SSSR count). The van der Waals surface area contributed by atoms with E-state index in [0.29, 0.717) is 10.9 Å². The van der Waals surface area contributed by atoms with Gasteiger partial charge in [-0.3, -0.25) is 9.69 Å². The molecule has 3 aromatic rings.